The molecule has 21 heavy (non-hydrogen) atoms. The Kier molecular flexibility index (Phi) is 6.06. The van der Waals surface area contributed by atoms with E-state index in [1.54, 1.807) is 0 Å². The molecule has 1 aromatic carbocycles. The molecule has 0 spiro atoms. The predicted molar refractivity (Wildman–Crippen MR) is 90.7 cm³/mol. The molecule has 2 N–H and O–H groups in total. The number of likely N-dealkylation sites (N-methyl/N-ethyl adjacent to an activating group) is 1. The summed E-state index contributed by atoms with van der Waals surface area (Å²) in [7, 11) is 2.19. The van der Waals surface area contributed by atoms with Crippen LogP contribution in [0.2, 0.25) is 5.02 Å². The third-order valence-corrected chi connectivity index (χ3v) is 5.38. The van der Waals surface area contributed by atoms with Crippen LogP contribution in [0.15, 0.2) is 24.3 Å². The van der Waals surface area contributed by atoms with Crippen molar-refractivity contribution in [2.75, 3.05) is 33.2 Å². The van der Waals surface area contributed by atoms with Gasteiger partial charge in [-0.05, 0) is 57.6 Å². The van der Waals surface area contributed by atoms with Crippen molar-refractivity contribution >= 4 is 11.6 Å². The summed E-state index contributed by atoms with van der Waals surface area (Å²) in [5.74, 6) is 0. The Balaban J connectivity index is 2.10. The Bertz CT molecular complexity index is 451. The van der Waals surface area contributed by atoms with Gasteiger partial charge in [-0.2, -0.15) is 0 Å². The van der Waals surface area contributed by atoms with Crippen LogP contribution in [-0.4, -0.2) is 48.6 Å². The Hall–Kier alpha value is -0.610. The van der Waals surface area contributed by atoms with E-state index in [1.165, 1.54) is 24.9 Å². The lowest BCUT2D eigenvalue weighted by Crippen LogP contribution is -2.52. The molecule has 1 fully saturated rings. The third kappa shape index (κ3) is 3.98. The maximum Gasteiger partial charge on any atom is 0.0451 e. The van der Waals surface area contributed by atoms with E-state index in [9.17, 15) is 0 Å². The third-order valence-electron chi connectivity index (χ3n) is 5.01. The van der Waals surface area contributed by atoms with E-state index in [0.717, 1.165) is 31.1 Å². The number of rotatable bonds is 5. The Morgan fingerprint density at radius 3 is 2.71 bits per heavy atom. The van der Waals surface area contributed by atoms with Gasteiger partial charge in [0.1, 0.15) is 0 Å². The lowest BCUT2D eigenvalue weighted by Gasteiger charge is -2.41. The fourth-order valence-corrected chi connectivity index (χ4v) is 3.54. The van der Waals surface area contributed by atoms with Crippen LogP contribution in [0, 0.1) is 0 Å². The minimum atomic E-state index is 0.100. The van der Waals surface area contributed by atoms with Crippen molar-refractivity contribution in [3.63, 3.8) is 0 Å². The predicted octanol–water partition coefficient (Wildman–Crippen LogP) is 2.98. The molecule has 0 bridgehead atoms. The highest BCUT2D eigenvalue weighted by Crippen LogP contribution is 2.29. The smallest absolute Gasteiger partial charge is 0.0451 e. The zero-order valence-electron chi connectivity index (χ0n) is 13.3. The summed E-state index contributed by atoms with van der Waals surface area (Å²) in [6.07, 6.45) is 3.52. The zero-order chi connectivity index (χ0) is 15.3. The number of benzene rings is 1. The van der Waals surface area contributed by atoms with Gasteiger partial charge in [-0.15, -0.1) is 0 Å². The summed E-state index contributed by atoms with van der Waals surface area (Å²) in [5.41, 5.74) is 7.48. The van der Waals surface area contributed by atoms with Gasteiger partial charge < -0.3 is 10.6 Å². The summed E-state index contributed by atoms with van der Waals surface area (Å²) in [5, 5.41) is 0.848. The Morgan fingerprint density at radius 2 is 2.05 bits per heavy atom. The minimum absolute atomic E-state index is 0.100. The molecule has 1 aromatic rings. The maximum atomic E-state index is 6.31. The van der Waals surface area contributed by atoms with Gasteiger partial charge in [0.25, 0.3) is 0 Å². The Morgan fingerprint density at radius 1 is 1.29 bits per heavy atom. The molecule has 0 amide bonds. The SMILES string of the molecule is CCN1CCCC(CN)(N(C)Cc2ccccc2Cl)CC1. The number of hydrogen-bond donors (Lipinski definition) is 1. The molecule has 1 heterocycles. The van der Waals surface area contributed by atoms with Crippen LogP contribution in [-0.2, 0) is 6.54 Å². The van der Waals surface area contributed by atoms with Gasteiger partial charge in [0.2, 0.25) is 0 Å². The number of halogens is 1. The lowest BCUT2D eigenvalue weighted by atomic mass is 9.88. The number of hydrogen-bond acceptors (Lipinski definition) is 3. The molecule has 2 rings (SSSR count). The molecule has 0 aromatic heterocycles. The standard InChI is InChI=1S/C17H28ClN3/c1-3-21-11-6-9-17(14-19,10-12-21)20(2)13-15-7-4-5-8-16(15)18/h4-5,7-8H,3,6,9-14,19H2,1-2H3. The molecule has 0 aliphatic carbocycles. The molecule has 1 aliphatic heterocycles. The van der Waals surface area contributed by atoms with E-state index in [4.69, 9.17) is 17.3 Å². The molecule has 0 radical (unpaired) electrons. The largest absolute Gasteiger partial charge is 0.329 e. The molecule has 4 heteroatoms. The normalized spacial score (nSPS) is 24.2. The second-order valence-corrected chi connectivity index (χ2v) is 6.57. The summed E-state index contributed by atoms with van der Waals surface area (Å²) in [4.78, 5) is 4.95. The van der Waals surface area contributed by atoms with Gasteiger partial charge in [-0.25, -0.2) is 0 Å². The molecule has 118 valence electrons. The van der Waals surface area contributed by atoms with Crippen LogP contribution in [0.1, 0.15) is 31.7 Å². The van der Waals surface area contributed by atoms with Gasteiger partial charge in [-0.3, -0.25) is 4.90 Å². The van der Waals surface area contributed by atoms with Crippen molar-refractivity contribution in [1.29, 1.82) is 0 Å². The zero-order valence-corrected chi connectivity index (χ0v) is 14.1. The lowest BCUT2D eigenvalue weighted by molar-refractivity contribution is 0.0995. The van der Waals surface area contributed by atoms with E-state index >= 15 is 0 Å². The van der Waals surface area contributed by atoms with Crippen molar-refractivity contribution < 1.29 is 0 Å². The number of likely N-dealkylation sites (tertiary alicyclic amines) is 1. The number of nitrogens with two attached hydrogens (primary N) is 1. The topological polar surface area (TPSA) is 32.5 Å². The molecule has 1 aliphatic rings. The van der Waals surface area contributed by atoms with E-state index in [1.807, 2.05) is 12.1 Å². The van der Waals surface area contributed by atoms with Crippen LogP contribution >= 0.6 is 11.6 Å². The van der Waals surface area contributed by atoms with Crippen LogP contribution in [0.5, 0.6) is 0 Å². The van der Waals surface area contributed by atoms with Gasteiger partial charge in [0, 0.05) is 23.7 Å². The Labute approximate surface area is 134 Å². The average Bonchev–Trinajstić information content (AvgIpc) is 2.72. The number of nitrogens with zero attached hydrogens (tertiary/aromatic N) is 2. The van der Waals surface area contributed by atoms with Crippen LogP contribution < -0.4 is 5.73 Å². The van der Waals surface area contributed by atoms with E-state index < -0.39 is 0 Å². The van der Waals surface area contributed by atoms with E-state index in [0.29, 0.717) is 6.54 Å². The fraction of sp³-hybridized carbons (Fsp3) is 0.647. The van der Waals surface area contributed by atoms with Crippen LogP contribution in [0.25, 0.3) is 0 Å². The van der Waals surface area contributed by atoms with Crippen LogP contribution in [0.3, 0.4) is 0 Å². The average molecular weight is 310 g/mol. The maximum absolute atomic E-state index is 6.31. The molecule has 3 nitrogen and oxygen atoms in total. The first-order valence-corrected chi connectivity index (χ1v) is 8.36. The quantitative estimate of drug-likeness (QED) is 0.907. The van der Waals surface area contributed by atoms with Crippen molar-refractivity contribution in [1.82, 2.24) is 9.80 Å². The van der Waals surface area contributed by atoms with Gasteiger partial charge >= 0.3 is 0 Å². The molecule has 1 unspecified atom stereocenters. The summed E-state index contributed by atoms with van der Waals surface area (Å²) >= 11 is 6.31. The highest BCUT2D eigenvalue weighted by atomic mass is 35.5. The highest BCUT2D eigenvalue weighted by Gasteiger charge is 2.35. The fourth-order valence-electron chi connectivity index (χ4n) is 3.34. The van der Waals surface area contributed by atoms with Gasteiger partial charge in [0.05, 0.1) is 0 Å². The van der Waals surface area contributed by atoms with Crippen molar-refractivity contribution in [3.8, 4) is 0 Å². The van der Waals surface area contributed by atoms with Gasteiger partial charge in [-0.1, -0.05) is 36.7 Å². The summed E-state index contributed by atoms with van der Waals surface area (Å²) < 4.78 is 0. The molecule has 1 saturated heterocycles. The van der Waals surface area contributed by atoms with Crippen molar-refractivity contribution in [2.24, 2.45) is 5.73 Å². The van der Waals surface area contributed by atoms with Crippen molar-refractivity contribution in [2.45, 2.75) is 38.3 Å². The minimum Gasteiger partial charge on any atom is -0.329 e. The summed E-state index contributed by atoms with van der Waals surface area (Å²) in [6.45, 7) is 7.28. The van der Waals surface area contributed by atoms with Gasteiger partial charge in [0.15, 0.2) is 0 Å². The molecular weight excluding hydrogens is 282 g/mol. The molecule has 0 saturated carbocycles. The second kappa shape index (κ2) is 7.59. The second-order valence-electron chi connectivity index (χ2n) is 6.16. The summed E-state index contributed by atoms with van der Waals surface area (Å²) in [6, 6.07) is 8.11. The van der Waals surface area contributed by atoms with E-state index in [2.05, 4.69) is 35.9 Å². The first-order chi connectivity index (χ1) is 10.1. The van der Waals surface area contributed by atoms with Crippen molar-refractivity contribution in [3.05, 3.63) is 34.9 Å². The first kappa shape index (κ1) is 16.8. The van der Waals surface area contributed by atoms with E-state index in [-0.39, 0.29) is 5.54 Å². The highest BCUT2D eigenvalue weighted by molar-refractivity contribution is 6.31. The first-order valence-electron chi connectivity index (χ1n) is 7.98. The van der Waals surface area contributed by atoms with Crippen LogP contribution in [0.4, 0.5) is 0 Å². The molecular formula is C17H28ClN3. The molecule has 1 atom stereocenters. The monoisotopic (exact) mass is 309 g/mol.